The molecule has 0 aliphatic carbocycles. The van der Waals surface area contributed by atoms with E-state index in [-0.39, 0.29) is 0 Å². The summed E-state index contributed by atoms with van der Waals surface area (Å²) in [7, 11) is 0. The van der Waals surface area contributed by atoms with Crippen molar-refractivity contribution < 1.29 is 4.74 Å². The zero-order valence-corrected chi connectivity index (χ0v) is 11.1. The van der Waals surface area contributed by atoms with E-state index in [9.17, 15) is 0 Å². The highest BCUT2D eigenvalue weighted by Gasteiger charge is 2.11. The maximum atomic E-state index is 5.32. The maximum absolute atomic E-state index is 5.32. The van der Waals surface area contributed by atoms with Crippen LogP contribution in [-0.4, -0.2) is 31.3 Å². The Labute approximate surface area is 110 Å². The lowest BCUT2D eigenvalue weighted by atomic mass is 10.2. The summed E-state index contributed by atoms with van der Waals surface area (Å²) in [6.45, 7) is 11.6. The summed E-state index contributed by atoms with van der Waals surface area (Å²) in [5.41, 5.74) is 1.17. The molecule has 0 radical (unpaired) electrons. The van der Waals surface area contributed by atoms with Crippen LogP contribution in [0.4, 0.5) is 5.82 Å². The molecule has 18 heavy (non-hydrogen) atoms. The van der Waals surface area contributed by atoms with Crippen molar-refractivity contribution in [3.8, 4) is 0 Å². The molecule has 1 aromatic heterocycles. The summed E-state index contributed by atoms with van der Waals surface area (Å²) in [5, 5.41) is 0. The van der Waals surface area contributed by atoms with E-state index in [1.165, 1.54) is 5.56 Å². The van der Waals surface area contributed by atoms with Crippen LogP contribution in [0.25, 0.3) is 6.08 Å². The second kappa shape index (κ2) is 8.48. The van der Waals surface area contributed by atoms with Gasteiger partial charge in [-0.25, -0.2) is 4.98 Å². The van der Waals surface area contributed by atoms with Gasteiger partial charge in [0.25, 0.3) is 0 Å². The minimum absolute atomic E-state index is 0.805. The van der Waals surface area contributed by atoms with Crippen LogP contribution in [0.15, 0.2) is 37.6 Å². The Hall–Kier alpha value is -1.61. The van der Waals surface area contributed by atoms with Crippen LogP contribution in [0.2, 0.25) is 0 Å². The number of hydrogen-bond acceptors (Lipinski definition) is 3. The summed E-state index contributed by atoms with van der Waals surface area (Å²) in [6.07, 6.45) is 7.24. The van der Waals surface area contributed by atoms with Gasteiger partial charge < -0.3 is 9.64 Å². The Morgan fingerprint density at radius 1 is 1.33 bits per heavy atom. The van der Waals surface area contributed by atoms with Crippen LogP contribution >= 0.6 is 0 Å². The first-order valence-electron chi connectivity index (χ1n) is 6.35. The van der Waals surface area contributed by atoms with Crippen LogP contribution in [-0.2, 0) is 4.74 Å². The monoisotopic (exact) mass is 246 g/mol. The highest BCUT2D eigenvalue weighted by Crippen LogP contribution is 2.13. The SMILES string of the molecule is C=C.CC/C=C/c1ccc(N2CCOCC2)nc1. The summed E-state index contributed by atoms with van der Waals surface area (Å²) in [5.74, 6) is 1.05. The van der Waals surface area contributed by atoms with Crippen LogP contribution in [0.5, 0.6) is 0 Å². The van der Waals surface area contributed by atoms with Gasteiger partial charge in [-0.1, -0.05) is 19.1 Å². The van der Waals surface area contributed by atoms with Gasteiger partial charge in [-0.3, -0.25) is 0 Å². The molecule has 0 aromatic carbocycles. The number of anilines is 1. The van der Waals surface area contributed by atoms with Gasteiger partial charge in [0.05, 0.1) is 13.2 Å². The molecule has 0 saturated carbocycles. The van der Waals surface area contributed by atoms with Gasteiger partial charge in [0.1, 0.15) is 5.82 Å². The zero-order valence-electron chi connectivity index (χ0n) is 11.1. The standard InChI is InChI=1S/C13H18N2O.C2H4/c1-2-3-4-12-5-6-13(14-11-12)15-7-9-16-10-8-15;1-2/h3-6,11H,2,7-10H2,1H3;1-2H2/b4-3+;. The minimum atomic E-state index is 0.805. The first-order chi connectivity index (χ1) is 8.90. The Kier molecular flexibility index (Phi) is 6.81. The van der Waals surface area contributed by atoms with Crippen molar-refractivity contribution in [3.05, 3.63) is 43.1 Å². The van der Waals surface area contributed by atoms with E-state index >= 15 is 0 Å². The lowest BCUT2D eigenvalue weighted by Gasteiger charge is -2.27. The zero-order chi connectivity index (χ0) is 13.2. The normalized spacial score (nSPS) is 15.3. The first-order valence-corrected chi connectivity index (χ1v) is 6.35. The number of allylic oxidation sites excluding steroid dienone is 1. The lowest BCUT2D eigenvalue weighted by molar-refractivity contribution is 0.122. The fraction of sp³-hybridized carbons (Fsp3) is 0.400. The fourth-order valence-corrected chi connectivity index (χ4v) is 1.73. The van der Waals surface area contributed by atoms with Gasteiger partial charge in [-0.2, -0.15) is 0 Å². The molecular formula is C15H22N2O. The molecule has 0 N–H and O–H groups in total. The summed E-state index contributed by atoms with van der Waals surface area (Å²) < 4.78 is 5.32. The molecule has 1 fully saturated rings. The van der Waals surface area contributed by atoms with Crippen molar-refractivity contribution in [2.24, 2.45) is 0 Å². The van der Waals surface area contributed by atoms with E-state index in [0.29, 0.717) is 0 Å². The lowest BCUT2D eigenvalue weighted by Crippen LogP contribution is -2.36. The van der Waals surface area contributed by atoms with Crippen molar-refractivity contribution in [2.45, 2.75) is 13.3 Å². The van der Waals surface area contributed by atoms with Crippen LogP contribution in [0.1, 0.15) is 18.9 Å². The predicted octanol–water partition coefficient (Wildman–Crippen LogP) is 3.14. The molecule has 1 aromatic rings. The molecule has 0 atom stereocenters. The first kappa shape index (κ1) is 14.5. The molecule has 2 heterocycles. The van der Waals surface area contributed by atoms with Gasteiger partial charge >= 0.3 is 0 Å². The van der Waals surface area contributed by atoms with E-state index in [2.05, 4.69) is 54.3 Å². The highest BCUT2D eigenvalue weighted by atomic mass is 16.5. The Balaban J connectivity index is 0.000000771. The van der Waals surface area contributed by atoms with E-state index in [1.54, 1.807) is 0 Å². The van der Waals surface area contributed by atoms with Crippen LogP contribution in [0, 0.1) is 0 Å². The van der Waals surface area contributed by atoms with Crippen molar-refractivity contribution >= 4 is 11.9 Å². The van der Waals surface area contributed by atoms with Gasteiger partial charge in [0, 0.05) is 19.3 Å². The van der Waals surface area contributed by atoms with Crippen molar-refractivity contribution in [2.75, 3.05) is 31.2 Å². The van der Waals surface area contributed by atoms with E-state index in [0.717, 1.165) is 38.5 Å². The van der Waals surface area contributed by atoms with Crippen LogP contribution < -0.4 is 4.90 Å². The average molecular weight is 246 g/mol. The Bertz CT molecular complexity index is 353. The summed E-state index contributed by atoms with van der Waals surface area (Å²) in [6, 6.07) is 4.20. The average Bonchev–Trinajstić information content (AvgIpc) is 2.49. The molecular weight excluding hydrogens is 224 g/mol. The quantitative estimate of drug-likeness (QED) is 0.766. The van der Waals surface area contributed by atoms with Gasteiger partial charge in [0.15, 0.2) is 0 Å². The third kappa shape index (κ3) is 4.34. The van der Waals surface area contributed by atoms with E-state index in [4.69, 9.17) is 4.74 Å². The van der Waals surface area contributed by atoms with Crippen molar-refractivity contribution in [1.29, 1.82) is 0 Å². The third-order valence-electron chi connectivity index (χ3n) is 2.65. The van der Waals surface area contributed by atoms with Crippen molar-refractivity contribution in [3.63, 3.8) is 0 Å². The molecule has 1 aliphatic heterocycles. The highest BCUT2D eigenvalue weighted by molar-refractivity contribution is 5.51. The molecule has 2 rings (SSSR count). The summed E-state index contributed by atoms with van der Waals surface area (Å²) in [4.78, 5) is 6.74. The number of hydrogen-bond donors (Lipinski definition) is 0. The molecule has 98 valence electrons. The second-order valence-electron chi connectivity index (χ2n) is 3.86. The smallest absolute Gasteiger partial charge is 0.128 e. The summed E-state index contributed by atoms with van der Waals surface area (Å²) >= 11 is 0. The number of morpholine rings is 1. The molecule has 0 spiro atoms. The molecule has 3 nitrogen and oxygen atoms in total. The molecule has 0 bridgehead atoms. The molecule has 0 amide bonds. The van der Waals surface area contributed by atoms with Gasteiger partial charge in [0.2, 0.25) is 0 Å². The number of aromatic nitrogens is 1. The number of rotatable bonds is 3. The number of ether oxygens (including phenoxy) is 1. The fourth-order valence-electron chi connectivity index (χ4n) is 1.73. The largest absolute Gasteiger partial charge is 0.378 e. The Morgan fingerprint density at radius 3 is 2.61 bits per heavy atom. The molecule has 1 saturated heterocycles. The topological polar surface area (TPSA) is 25.4 Å². The van der Waals surface area contributed by atoms with Crippen molar-refractivity contribution in [1.82, 2.24) is 4.98 Å². The molecule has 0 unspecified atom stereocenters. The number of nitrogens with zero attached hydrogens (tertiary/aromatic N) is 2. The molecule has 1 aliphatic rings. The van der Waals surface area contributed by atoms with Crippen LogP contribution in [0.3, 0.4) is 0 Å². The predicted molar refractivity (Wildman–Crippen MR) is 77.8 cm³/mol. The van der Waals surface area contributed by atoms with Gasteiger partial charge in [-0.05, 0) is 24.1 Å². The van der Waals surface area contributed by atoms with Gasteiger partial charge in [-0.15, -0.1) is 13.2 Å². The Morgan fingerprint density at radius 2 is 2.06 bits per heavy atom. The maximum Gasteiger partial charge on any atom is 0.128 e. The number of pyridine rings is 1. The molecule has 3 heteroatoms. The third-order valence-corrected chi connectivity index (χ3v) is 2.65. The second-order valence-corrected chi connectivity index (χ2v) is 3.86. The van der Waals surface area contributed by atoms with E-state index in [1.807, 2.05) is 6.20 Å². The van der Waals surface area contributed by atoms with E-state index < -0.39 is 0 Å². The minimum Gasteiger partial charge on any atom is -0.378 e.